The van der Waals surface area contributed by atoms with Gasteiger partial charge in [-0.25, -0.2) is 0 Å². The molecule has 0 spiro atoms. The van der Waals surface area contributed by atoms with E-state index in [0.29, 0.717) is 0 Å². The van der Waals surface area contributed by atoms with Gasteiger partial charge in [-0.1, -0.05) is 35.4 Å². The molecule has 0 unspecified atom stereocenters. The normalized spacial score (nSPS) is 10.2. The first kappa shape index (κ1) is 14.3. The molecule has 2 heteroatoms. The minimum absolute atomic E-state index is 1.06. The summed E-state index contributed by atoms with van der Waals surface area (Å²) in [5, 5.41) is 3.52. The molecule has 0 radical (unpaired) electrons. The van der Waals surface area contributed by atoms with Gasteiger partial charge in [-0.3, -0.25) is 0 Å². The van der Waals surface area contributed by atoms with Crippen molar-refractivity contribution in [3.8, 4) is 0 Å². The summed E-state index contributed by atoms with van der Waals surface area (Å²) in [4.78, 5) is 0. The lowest BCUT2D eigenvalue weighted by Crippen LogP contribution is -2.03. The molecule has 0 saturated heterocycles. The van der Waals surface area contributed by atoms with Crippen molar-refractivity contribution >= 4 is 21.6 Å². The third-order valence-corrected chi connectivity index (χ3v) is 3.34. The van der Waals surface area contributed by atoms with Crippen LogP contribution in [0.15, 0.2) is 35.3 Å². The fraction of sp³-hybridized carbons (Fsp3) is 0.467. The Balaban J connectivity index is 2.33. The van der Waals surface area contributed by atoms with E-state index < -0.39 is 0 Å². The standard InChI is InChI=1S/C15H22BrN/c1-3-5-6-7-8-11-17-15-10-9-14(16)12-13(15)4-2/h3,9-10,12,17H,1,4-8,11H2,2H3. The molecule has 0 saturated carbocycles. The minimum atomic E-state index is 1.06. The van der Waals surface area contributed by atoms with E-state index in [2.05, 4.69) is 52.9 Å². The monoisotopic (exact) mass is 295 g/mol. The molecule has 1 N–H and O–H groups in total. The predicted molar refractivity (Wildman–Crippen MR) is 80.7 cm³/mol. The molecule has 0 amide bonds. The number of allylic oxidation sites excluding steroid dienone is 1. The summed E-state index contributed by atoms with van der Waals surface area (Å²) < 4.78 is 1.16. The van der Waals surface area contributed by atoms with Crippen LogP contribution < -0.4 is 5.32 Å². The van der Waals surface area contributed by atoms with Crippen LogP contribution in [0.25, 0.3) is 0 Å². The second-order valence-electron chi connectivity index (χ2n) is 4.22. The Hall–Kier alpha value is -0.760. The lowest BCUT2D eigenvalue weighted by molar-refractivity contribution is 0.708. The van der Waals surface area contributed by atoms with Crippen LogP contribution in [0, 0.1) is 0 Å². The molecule has 1 rings (SSSR count). The molecule has 94 valence electrons. The van der Waals surface area contributed by atoms with Crippen molar-refractivity contribution in [1.82, 2.24) is 0 Å². The summed E-state index contributed by atoms with van der Waals surface area (Å²) in [5.74, 6) is 0. The molecule has 0 fully saturated rings. The van der Waals surface area contributed by atoms with Gasteiger partial charge in [0.05, 0.1) is 0 Å². The minimum Gasteiger partial charge on any atom is -0.385 e. The van der Waals surface area contributed by atoms with Crippen LogP contribution in [0.3, 0.4) is 0 Å². The molecule has 1 aromatic carbocycles. The van der Waals surface area contributed by atoms with E-state index in [4.69, 9.17) is 0 Å². The zero-order chi connectivity index (χ0) is 12.5. The molecule has 0 heterocycles. The smallest absolute Gasteiger partial charge is 0.0373 e. The van der Waals surface area contributed by atoms with E-state index in [-0.39, 0.29) is 0 Å². The molecule has 0 aliphatic heterocycles. The first-order chi connectivity index (χ1) is 8.27. The number of anilines is 1. The Labute approximate surface area is 113 Å². The van der Waals surface area contributed by atoms with Crippen LogP contribution in [0.2, 0.25) is 0 Å². The molecular weight excluding hydrogens is 274 g/mol. The van der Waals surface area contributed by atoms with Crippen molar-refractivity contribution in [2.24, 2.45) is 0 Å². The number of hydrogen-bond acceptors (Lipinski definition) is 1. The lowest BCUT2D eigenvalue weighted by Gasteiger charge is -2.11. The van der Waals surface area contributed by atoms with E-state index in [0.717, 1.165) is 23.9 Å². The van der Waals surface area contributed by atoms with Gasteiger partial charge in [0.25, 0.3) is 0 Å². The summed E-state index contributed by atoms with van der Waals surface area (Å²) >= 11 is 3.51. The number of rotatable bonds is 8. The van der Waals surface area contributed by atoms with Gasteiger partial charge in [-0.15, -0.1) is 6.58 Å². The molecule has 1 aromatic rings. The van der Waals surface area contributed by atoms with Crippen molar-refractivity contribution in [2.75, 3.05) is 11.9 Å². The highest BCUT2D eigenvalue weighted by molar-refractivity contribution is 9.10. The SMILES string of the molecule is C=CCCCCCNc1ccc(Br)cc1CC. The Morgan fingerprint density at radius 3 is 2.82 bits per heavy atom. The maximum absolute atomic E-state index is 3.74. The first-order valence-corrected chi connectivity index (χ1v) is 7.20. The molecule has 0 bridgehead atoms. The fourth-order valence-electron chi connectivity index (χ4n) is 1.84. The highest BCUT2D eigenvalue weighted by Crippen LogP contribution is 2.21. The van der Waals surface area contributed by atoms with Gasteiger partial charge >= 0.3 is 0 Å². The Kier molecular flexibility index (Phi) is 7.02. The number of nitrogens with one attached hydrogen (secondary N) is 1. The molecular formula is C15H22BrN. The van der Waals surface area contributed by atoms with Crippen LogP contribution in [-0.2, 0) is 6.42 Å². The average Bonchev–Trinajstić information content (AvgIpc) is 2.35. The van der Waals surface area contributed by atoms with Crippen LogP contribution in [-0.4, -0.2) is 6.54 Å². The van der Waals surface area contributed by atoms with Crippen molar-refractivity contribution in [2.45, 2.75) is 39.0 Å². The highest BCUT2D eigenvalue weighted by atomic mass is 79.9. The summed E-state index contributed by atoms with van der Waals surface area (Å²) in [6, 6.07) is 6.45. The zero-order valence-electron chi connectivity index (χ0n) is 10.6. The second-order valence-corrected chi connectivity index (χ2v) is 5.14. The molecule has 0 aliphatic carbocycles. The molecule has 0 aromatic heterocycles. The van der Waals surface area contributed by atoms with Gasteiger partial charge in [-0.05, 0) is 49.4 Å². The molecule has 0 aliphatic rings. The second kappa shape index (κ2) is 8.35. The van der Waals surface area contributed by atoms with E-state index in [1.807, 2.05) is 6.08 Å². The molecule has 0 atom stereocenters. The highest BCUT2D eigenvalue weighted by Gasteiger charge is 2.00. The van der Waals surface area contributed by atoms with Gasteiger partial charge in [0.2, 0.25) is 0 Å². The van der Waals surface area contributed by atoms with Gasteiger partial charge in [0.1, 0.15) is 0 Å². The van der Waals surface area contributed by atoms with Crippen molar-refractivity contribution in [1.29, 1.82) is 0 Å². The molecule has 17 heavy (non-hydrogen) atoms. The van der Waals surface area contributed by atoms with Crippen molar-refractivity contribution in [3.05, 3.63) is 40.9 Å². The maximum atomic E-state index is 3.74. The summed E-state index contributed by atoms with van der Waals surface area (Å²) in [6.07, 6.45) is 7.96. The lowest BCUT2D eigenvalue weighted by atomic mass is 10.1. The van der Waals surface area contributed by atoms with Crippen LogP contribution in [0.5, 0.6) is 0 Å². The Morgan fingerprint density at radius 1 is 1.29 bits per heavy atom. The number of aryl methyl sites for hydroxylation is 1. The van der Waals surface area contributed by atoms with Crippen LogP contribution in [0.1, 0.15) is 38.2 Å². The van der Waals surface area contributed by atoms with Crippen molar-refractivity contribution < 1.29 is 0 Å². The fourth-order valence-corrected chi connectivity index (χ4v) is 2.25. The quantitative estimate of drug-likeness (QED) is 0.515. The average molecular weight is 296 g/mol. The van der Waals surface area contributed by atoms with Crippen LogP contribution in [0.4, 0.5) is 5.69 Å². The maximum Gasteiger partial charge on any atom is 0.0373 e. The number of benzene rings is 1. The van der Waals surface area contributed by atoms with Crippen LogP contribution >= 0.6 is 15.9 Å². The van der Waals surface area contributed by atoms with Crippen molar-refractivity contribution in [3.63, 3.8) is 0 Å². The van der Waals surface area contributed by atoms with Gasteiger partial charge in [-0.2, -0.15) is 0 Å². The van der Waals surface area contributed by atoms with E-state index in [1.54, 1.807) is 0 Å². The number of halogens is 1. The third-order valence-electron chi connectivity index (χ3n) is 2.85. The third kappa shape index (κ3) is 5.40. The van der Waals surface area contributed by atoms with E-state index >= 15 is 0 Å². The first-order valence-electron chi connectivity index (χ1n) is 6.41. The van der Waals surface area contributed by atoms with E-state index in [1.165, 1.54) is 30.5 Å². The zero-order valence-corrected chi connectivity index (χ0v) is 12.2. The Bertz CT molecular complexity index is 347. The molecule has 1 nitrogen and oxygen atoms in total. The predicted octanol–water partition coefficient (Wildman–Crippen LogP) is 5.17. The largest absolute Gasteiger partial charge is 0.385 e. The summed E-state index contributed by atoms with van der Waals surface area (Å²) in [5.41, 5.74) is 2.66. The van der Waals surface area contributed by atoms with E-state index in [9.17, 15) is 0 Å². The number of unbranched alkanes of at least 4 members (excludes halogenated alkanes) is 3. The van der Waals surface area contributed by atoms with Gasteiger partial charge in [0, 0.05) is 16.7 Å². The van der Waals surface area contributed by atoms with Gasteiger partial charge < -0.3 is 5.32 Å². The van der Waals surface area contributed by atoms with Gasteiger partial charge in [0.15, 0.2) is 0 Å². The number of hydrogen-bond donors (Lipinski definition) is 1. The summed E-state index contributed by atoms with van der Waals surface area (Å²) in [7, 11) is 0. The topological polar surface area (TPSA) is 12.0 Å². The summed E-state index contributed by atoms with van der Waals surface area (Å²) in [6.45, 7) is 6.99. The Morgan fingerprint density at radius 2 is 2.12 bits per heavy atom.